The van der Waals surface area contributed by atoms with E-state index in [1.54, 1.807) is 0 Å². The van der Waals surface area contributed by atoms with Gasteiger partial charge in [0.25, 0.3) is 0 Å². The van der Waals surface area contributed by atoms with Crippen LogP contribution in [0.5, 0.6) is 5.75 Å². The van der Waals surface area contributed by atoms with E-state index in [1.807, 2.05) is 34.9 Å². The molecule has 1 aliphatic rings. The van der Waals surface area contributed by atoms with Crippen LogP contribution in [0.3, 0.4) is 0 Å². The average Bonchev–Trinajstić information content (AvgIpc) is 3.14. The number of nitrogens with zero attached hydrogens (tertiary/aromatic N) is 1. The van der Waals surface area contributed by atoms with E-state index in [1.165, 1.54) is 24.3 Å². The summed E-state index contributed by atoms with van der Waals surface area (Å²) >= 11 is 3.33. The van der Waals surface area contributed by atoms with Gasteiger partial charge in [0.2, 0.25) is 0 Å². The van der Waals surface area contributed by atoms with Gasteiger partial charge in [-0.2, -0.15) is 0 Å². The molecule has 8 heteroatoms. The van der Waals surface area contributed by atoms with Crippen LogP contribution in [0, 0.1) is 5.92 Å². The van der Waals surface area contributed by atoms with Gasteiger partial charge in [0.15, 0.2) is 0 Å². The fraction of sp³-hybridized carbons (Fsp3) is 0.320. The van der Waals surface area contributed by atoms with Crippen molar-refractivity contribution in [3.05, 3.63) is 64.6 Å². The first-order valence-corrected chi connectivity index (χ1v) is 11.6. The molecule has 1 aliphatic carbocycles. The quantitative estimate of drug-likeness (QED) is 0.360. The number of carboxylic acids is 1. The van der Waals surface area contributed by atoms with Crippen LogP contribution in [0.15, 0.2) is 59.1 Å². The fourth-order valence-electron chi connectivity index (χ4n) is 4.58. The Morgan fingerprint density at radius 3 is 2.39 bits per heavy atom. The van der Waals surface area contributed by atoms with Crippen molar-refractivity contribution in [3.63, 3.8) is 0 Å². The van der Waals surface area contributed by atoms with Gasteiger partial charge in [0.1, 0.15) is 5.75 Å². The number of benzene rings is 2. The summed E-state index contributed by atoms with van der Waals surface area (Å²) in [7, 11) is 0. The van der Waals surface area contributed by atoms with E-state index < -0.39 is 12.3 Å². The van der Waals surface area contributed by atoms with Crippen LogP contribution in [0.1, 0.15) is 42.5 Å². The van der Waals surface area contributed by atoms with E-state index >= 15 is 0 Å². The largest absolute Gasteiger partial charge is 0.573 e. The summed E-state index contributed by atoms with van der Waals surface area (Å²) in [6.07, 6.45) is 0.467. The number of rotatable bonds is 6. The first kappa shape index (κ1) is 23.4. The van der Waals surface area contributed by atoms with Crippen molar-refractivity contribution in [1.29, 1.82) is 0 Å². The van der Waals surface area contributed by atoms with Gasteiger partial charge in [0, 0.05) is 16.6 Å². The first-order valence-electron chi connectivity index (χ1n) is 10.8. The van der Waals surface area contributed by atoms with Gasteiger partial charge < -0.3 is 14.4 Å². The highest BCUT2D eigenvalue weighted by Gasteiger charge is 2.33. The van der Waals surface area contributed by atoms with Gasteiger partial charge in [0.05, 0.1) is 17.0 Å². The molecule has 1 aromatic heterocycles. The molecule has 0 amide bonds. The topological polar surface area (TPSA) is 51.5 Å². The summed E-state index contributed by atoms with van der Waals surface area (Å²) in [5.74, 6) is -1.19. The van der Waals surface area contributed by atoms with Crippen molar-refractivity contribution < 1.29 is 27.8 Å². The number of hydrogen-bond donors (Lipinski definition) is 1. The summed E-state index contributed by atoms with van der Waals surface area (Å²) in [6.45, 7) is 0.519. The SMILES string of the molecule is O=C(O)c1cc(-c2cc(Br)ccc2OC(F)(F)F)n(CC2CCCCC2)c1-c1ccccc1. The zero-order chi connectivity index (χ0) is 23.6. The molecule has 1 fully saturated rings. The first-order chi connectivity index (χ1) is 15.7. The van der Waals surface area contributed by atoms with Crippen LogP contribution in [-0.2, 0) is 6.54 Å². The Balaban J connectivity index is 1.95. The van der Waals surface area contributed by atoms with Gasteiger partial charge in [-0.3, -0.25) is 0 Å². The minimum absolute atomic E-state index is 0.0462. The monoisotopic (exact) mass is 521 g/mol. The molecule has 1 N–H and O–H groups in total. The number of ether oxygens (including phenoxy) is 1. The number of halogens is 4. The van der Waals surface area contributed by atoms with E-state index in [9.17, 15) is 23.1 Å². The van der Waals surface area contributed by atoms with Gasteiger partial charge in [-0.05, 0) is 48.6 Å². The van der Waals surface area contributed by atoms with Gasteiger partial charge in [-0.25, -0.2) is 4.79 Å². The molecule has 3 aromatic rings. The highest BCUT2D eigenvalue weighted by molar-refractivity contribution is 9.10. The molecular formula is C25H23BrF3NO3. The van der Waals surface area contributed by atoms with Crippen molar-refractivity contribution >= 4 is 21.9 Å². The summed E-state index contributed by atoms with van der Waals surface area (Å²) in [5, 5.41) is 9.99. The predicted molar refractivity (Wildman–Crippen MR) is 123 cm³/mol. The Morgan fingerprint density at radius 1 is 1.06 bits per heavy atom. The molecule has 0 radical (unpaired) electrons. The summed E-state index contributed by atoms with van der Waals surface area (Å²) in [4.78, 5) is 12.2. The lowest BCUT2D eigenvalue weighted by Crippen LogP contribution is -2.18. The molecule has 0 atom stereocenters. The number of alkyl halides is 3. The van der Waals surface area contributed by atoms with Crippen LogP contribution < -0.4 is 4.74 Å². The Bertz CT molecular complexity index is 1140. The Hall–Kier alpha value is -2.74. The minimum atomic E-state index is -4.87. The molecule has 1 heterocycles. The molecule has 0 unspecified atom stereocenters. The molecule has 2 aromatic carbocycles. The number of hydrogen-bond acceptors (Lipinski definition) is 2. The van der Waals surface area contributed by atoms with Crippen molar-refractivity contribution in [2.45, 2.75) is 45.0 Å². The molecule has 0 bridgehead atoms. The highest BCUT2D eigenvalue weighted by Crippen LogP contribution is 2.41. The van der Waals surface area contributed by atoms with Crippen LogP contribution in [0.25, 0.3) is 22.5 Å². The zero-order valence-electron chi connectivity index (χ0n) is 17.7. The van der Waals surface area contributed by atoms with Crippen molar-refractivity contribution in [2.24, 2.45) is 5.92 Å². The maximum absolute atomic E-state index is 13.2. The van der Waals surface area contributed by atoms with E-state index in [4.69, 9.17) is 0 Å². The molecule has 0 aliphatic heterocycles. The minimum Gasteiger partial charge on any atom is -0.478 e. The van der Waals surface area contributed by atoms with Crippen LogP contribution in [-0.4, -0.2) is 22.0 Å². The highest BCUT2D eigenvalue weighted by atomic mass is 79.9. The molecular weight excluding hydrogens is 499 g/mol. The van der Waals surface area contributed by atoms with Crippen LogP contribution >= 0.6 is 15.9 Å². The van der Waals surface area contributed by atoms with Gasteiger partial charge in [-0.1, -0.05) is 65.5 Å². The lowest BCUT2D eigenvalue weighted by atomic mass is 9.89. The summed E-state index contributed by atoms with van der Waals surface area (Å²) in [6, 6.07) is 14.8. The van der Waals surface area contributed by atoms with E-state index in [0.29, 0.717) is 33.9 Å². The van der Waals surface area contributed by atoms with E-state index in [0.717, 1.165) is 32.1 Å². The third-order valence-electron chi connectivity index (χ3n) is 5.98. The van der Waals surface area contributed by atoms with Crippen LogP contribution in [0.4, 0.5) is 13.2 Å². The molecule has 4 rings (SSSR count). The van der Waals surface area contributed by atoms with Crippen molar-refractivity contribution in [3.8, 4) is 28.3 Å². The normalized spacial score (nSPS) is 14.9. The molecule has 1 saturated carbocycles. The van der Waals surface area contributed by atoms with Crippen molar-refractivity contribution in [2.75, 3.05) is 0 Å². The molecule has 0 spiro atoms. The molecule has 33 heavy (non-hydrogen) atoms. The maximum atomic E-state index is 13.2. The average molecular weight is 522 g/mol. The Morgan fingerprint density at radius 2 is 1.76 bits per heavy atom. The fourth-order valence-corrected chi connectivity index (χ4v) is 4.94. The van der Waals surface area contributed by atoms with E-state index in [2.05, 4.69) is 20.7 Å². The second-order valence-electron chi connectivity index (χ2n) is 8.27. The molecule has 174 valence electrons. The maximum Gasteiger partial charge on any atom is 0.573 e. The Labute approximate surface area is 198 Å². The van der Waals surface area contributed by atoms with Gasteiger partial charge >= 0.3 is 12.3 Å². The lowest BCUT2D eigenvalue weighted by molar-refractivity contribution is -0.274. The number of carboxylic acid groups (broad SMARTS) is 1. The summed E-state index contributed by atoms with van der Waals surface area (Å²) < 4.78 is 46.2. The lowest BCUT2D eigenvalue weighted by Gasteiger charge is -2.25. The second-order valence-corrected chi connectivity index (χ2v) is 9.18. The van der Waals surface area contributed by atoms with Crippen molar-refractivity contribution in [1.82, 2.24) is 4.57 Å². The Kier molecular flexibility index (Phi) is 6.83. The second kappa shape index (κ2) is 9.63. The summed E-state index contributed by atoms with van der Waals surface area (Å²) in [5.41, 5.74) is 1.80. The number of carbonyl (C=O) groups is 1. The van der Waals surface area contributed by atoms with E-state index in [-0.39, 0.29) is 16.9 Å². The van der Waals surface area contributed by atoms with Gasteiger partial charge in [-0.15, -0.1) is 13.2 Å². The van der Waals surface area contributed by atoms with Crippen LogP contribution in [0.2, 0.25) is 0 Å². The number of aromatic carboxylic acids is 1. The zero-order valence-corrected chi connectivity index (χ0v) is 19.3. The third-order valence-corrected chi connectivity index (χ3v) is 6.48. The molecule has 4 nitrogen and oxygen atoms in total. The third kappa shape index (κ3) is 5.43. The number of aromatic nitrogens is 1. The molecule has 0 saturated heterocycles. The smallest absolute Gasteiger partial charge is 0.478 e. The predicted octanol–water partition coefficient (Wildman–Crippen LogP) is 7.76. The standard InChI is InChI=1S/C25H23BrF3NO3/c26-18-11-12-22(33-25(27,28)29)19(13-18)21-14-20(24(31)32)23(17-9-5-2-6-10-17)30(21)15-16-7-3-1-4-8-16/h2,5-6,9-14,16H,1,3-4,7-8,15H2,(H,31,32).